The summed E-state index contributed by atoms with van der Waals surface area (Å²) in [6, 6.07) is 5.64. The average Bonchev–Trinajstić information content (AvgIpc) is 3.19. The van der Waals surface area contributed by atoms with Crippen LogP contribution in [0.5, 0.6) is 0 Å². The second kappa shape index (κ2) is 7.46. The van der Waals surface area contributed by atoms with Crippen LogP contribution in [0, 0.1) is 5.92 Å². The number of carbonyl (C=O) groups excluding carboxylic acids is 2. The highest BCUT2D eigenvalue weighted by Crippen LogP contribution is 2.21. The fourth-order valence-electron chi connectivity index (χ4n) is 3.10. The third kappa shape index (κ3) is 4.23. The van der Waals surface area contributed by atoms with Crippen LogP contribution < -0.4 is 0 Å². The van der Waals surface area contributed by atoms with E-state index in [0.717, 1.165) is 17.7 Å². The summed E-state index contributed by atoms with van der Waals surface area (Å²) in [5.41, 5.74) is 1.94. The smallest absolute Gasteiger partial charge is 0.227 e. The molecule has 7 heteroatoms. The number of nitrogens with zero attached hydrogens (tertiary/aromatic N) is 5. The standard InChI is InChI=1S/C18H23N5O2/c1-21(8-6-14-10-20-22(2)11-14)18(25)15-9-17(24)23(12-15)13-16-5-3-4-7-19-16/h3-5,7,10-11,15H,6,8-9,12-13H2,1-2H3/t15-/m0/s1. The van der Waals surface area contributed by atoms with Crippen molar-refractivity contribution in [3.63, 3.8) is 0 Å². The first-order valence-corrected chi connectivity index (χ1v) is 8.43. The number of rotatable bonds is 6. The van der Waals surface area contributed by atoms with Gasteiger partial charge in [-0.25, -0.2) is 0 Å². The molecule has 0 aliphatic carbocycles. The van der Waals surface area contributed by atoms with Crippen LogP contribution in [0.2, 0.25) is 0 Å². The zero-order chi connectivity index (χ0) is 17.8. The summed E-state index contributed by atoms with van der Waals surface area (Å²) in [5.74, 6) is -0.222. The number of aromatic nitrogens is 3. The van der Waals surface area contributed by atoms with Crippen molar-refractivity contribution in [2.24, 2.45) is 13.0 Å². The largest absolute Gasteiger partial charge is 0.345 e. The molecular weight excluding hydrogens is 318 g/mol. The first-order valence-electron chi connectivity index (χ1n) is 8.43. The van der Waals surface area contributed by atoms with Crippen molar-refractivity contribution in [1.82, 2.24) is 24.6 Å². The van der Waals surface area contributed by atoms with E-state index in [0.29, 0.717) is 19.6 Å². The normalized spacial score (nSPS) is 17.1. The number of hydrogen-bond acceptors (Lipinski definition) is 4. The molecule has 132 valence electrons. The van der Waals surface area contributed by atoms with Crippen molar-refractivity contribution in [1.29, 1.82) is 0 Å². The Bertz CT molecular complexity index is 743. The Kier molecular flexibility index (Phi) is 5.11. The Labute approximate surface area is 147 Å². The van der Waals surface area contributed by atoms with Crippen molar-refractivity contribution >= 4 is 11.8 Å². The van der Waals surface area contributed by atoms with Crippen LogP contribution in [0.15, 0.2) is 36.8 Å². The number of pyridine rings is 1. The predicted octanol–water partition coefficient (Wildman–Crippen LogP) is 0.865. The maximum Gasteiger partial charge on any atom is 0.227 e. The van der Waals surface area contributed by atoms with Crippen LogP contribution in [0.3, 0.4) is 0 Å². The molecule has 0 N–H and O–H groups in total. The molecule has 2 aromatic heterocycles. The van der Waals surface area contributed by atoms with E-state index in [4.69, 9.17) is 0 Å². The first-order chi connectivity index (χ1) is 12.0. The molecule has 1 atom stereocenters. The Morgan fingerprint density at radius 1 is 1.40 bits per heavy atom. The molecule has 0 saturated carbocycles. The Morgan fingerprint density at radius 2 is 2.24 bits per heavy atom. The van der Waals surface area contributed by atoms with E-state index in [1.807, 2.05) is 37.6 Å². The molecule has 2 amide bonds. The molecule has 2 aromatic rings. The maximum atomic E-state index is 12.6. The van der Waals surface area contributed by atoms with E-state index in [1.165, 1.54) is 0 Å². The van der Waals surface area contributed by atoms with Gasteiger partial charge in [-0.3, -0.25) is 19.3 Å². The molecule has 25 heavy (non-hydrogen) atoms. The Morgan fingerprint density at radius 3 is 2.92 bits per heavy atom. The van der Waals surface area contributed by atoms with Crippen LogP contribution in [0.25, 0.3) is 0 Å². The van der Waals surface area contributed by atoms with Gasteiger partial charge in [0.15, 0.2) is 0 Å². The lowest BCUT2D eigenvalue weighted by atomic mass is 10.1. The van der Waals surface area contributed by atoms with Crippen LogP contribution in [-0.2, 0) is 29.6 Å². The Hall–Kier alpha value is -2.70. The molecule has 1 saturated heterocycles. The van der Waals surface area contributed by atoms with Crippen LogP contribution in [-0.4, -0.2) is 56.5 Å². The molecule has 3 heterocycles. The van der Waals surface area contributed by atoms with Gasteiger partial charge in [0.25, 0.3) is 0 Å². The Balaban J connectivity index is 1.52. The lowest BCUT2D eigenvalue weighted by Crippen LogP contribution is -2.35. The first kappa shape index (κ1) is 17.1. The summed E-state index contributed by atoms with van der Waals surface area (Å²) in [5, 5.41) is 4.13. The van der Waals surface area contributed by atoms with Gasteiger partial charge in [0.05, 0.1) is 24.4 Å². The SMILES string of the molecule is CN(CCc1cnn(C)c1)C(=O)[C@H]1CC(=O)N(Cc2ccccn2)C1. The second-order valence-corrected chi connectivity index (χ2v) is 6.53. The minimum Gasteiger partial charge on any atom is -0.345 e. The molecule has 1 aliphatic heterocycles. The number of likely N-dealkylation sites (N-methyl/N-ethyl adjacent to an activating group) is 1. The molecule has 3 rings (SSSR count). The molecule has 7 nitrogen and oxygen atoms in total. The van der Waals surface area contributed by atoms with Crippen molar-refractivity contribution in [3.8, 4) is 0 Å². The highest BCUT2D eigenvalue weighted by Gasteiger charge is 2.35. The zero-order valence-corrected chi connectivity index (χ0v) is 14.6. The fraction of sp³-hybridized carbons (Fsp3) is 0.444. The summed E-state index contributed by atoms with van der Waals surface area (Å²) in [4.78, 5) is 32.5. The maximum absolute atomic E-state index is 12.6. The number of carbonyl (C=O) groups is 2. The zero-order valence-electron chi connectivity index (χ0n) is 14.6. The molecule has 0 unspecified atom stereocenters. The van der Waals surface area contributed by atoms with Crippen molar-refractivity contribution in [3.05, 3.63) is 48.0 Å². The van der Waals surface area contributed by atoms with Crippen LogP contribution in [0.1, 0.15) is 17.7 Å². The molecule has 1 aliphatic rings. The summed E-state index contributed by atoms with van der Waals surface area (Å²) in [6.07, 6.45) is 6.51. The minimum atomic E-state index is -0.268. The van der Waals surface area contributed by atoms with Gasteiger partial charge in [0.1, 0.15) is 0 Å². The molecule has 0 aromatic carbocycles. The van der Waals surface area contributed by atoms with Gasteiger partial charge in [0, 0.05) is 46.0 Å². The third-order valence-corrected chi connectivity index (χ3v) is 4.51. The second-order valence-electron chi connectivity index (χ2n) is 6.53. The number of hydrogen-bond donors (Lipinski definition) is 0. The monoisotopic (exact) mass is 341 g/mol. The van der Waals surface area contributed by atoms with E-state index in [9.17, 15) is 9.59 Å². The summed E-state index contributed by atoms with van der Waals surface area (Å²) in [6.45, 7) is 1.55. The van der Waals surface area contributed by atoms with Crippen LogP contribution in [0.4, 0.5) is 0 Å². The summed E-state index contributed by atoms with van der Waals surface area (Å²) < 4.78 is 1.75. The number of aryl methyl sites for hydroxylation is 1. The van der Waals surface area contributed by atoms with E-state index in [2.05, 4.69) is 10.1 Å². The van der Waals surface area contributed by atoms with Crippen molar-refractivity contribution in [2.75, 3.05) is 20.1 Å². The lowest BCUT2D eigenvalue weighted by molar-refractivity contribution is -0.134. The lowest BCUT2D eigenvalue weighted by Gasteiger charge is -2.21. The molecule has 0 radical (unpaired) electrons. The summed E-state index contributed by atoms with van der Waals surface area (Å²) >= 11 is 0. The quantitative estimate of drug-likeness (QED) is 0.781. The molecule has 1 fully saturated rings. The molecule has 0 spiro atoms. The highest BCUT2D eigenvalue weighted by molar-refractivity contribution is 5.89. The van der Waals surface area contributed by atoms with Gasteiger partial charge >= 0.3 is 0 Å². The van der Waals surface area contributed by atoms with Gasteiger partial charge < -0.3 is 9.80 Å². The van der Waals surface area contributed by atoms with E-state index in [-0.39, 0.29) is 24.2 Å². The van der Waals surface area contributed by atoms with E-state index >= 15 is 0 Å². The fourth-order valence-corrected chi connectivity index (χ4v) is 3.10. The van der Waals surface area contributed by atoms with Gasteiger partial charge in [-0.05, 0) is 24.1 Å². The average molecular weight is 341 g/mol. The van der Waals surface area contributed by atoms with Gasteiger partial charge in [-0.1, -0.05) is 6.07 Å². The third-order valence-electron chi connectivity index (χ3n) is 4.51. The molecular formula is C18H23N5O2. The molecule has 0 bridgehead atoms. The number of amides is 2. The van der Waals surface area contributed by atoms with E-state index < -0.39 is 0 Å². The van der Waals surface area contributed by atoms with E-state index in [1.54, 1.807) is 27.7 Å². The topological polar surface area (TPSA) is 71.3 Å². The highest BCUT2D eigenvalue weighted by atomic mass is 16.2. The predicted molar refractivity (Wildman–Crippen MR) is 92.3 cm³/mol. The van der Waals surface area contributed by atoms with Crippen LogP contribution >= 0.6 is 0 Å². The minimum absolute atomic E-state index is 0.0182. The van der Waals surface area contributed by atoms with Gasteiger partial charge in [0.2, 0.25) is 11.8 Å². The van der Waals surface area contributed by atoms with Gasteiger partial charge in [-0.2, -0.15) is 5.10 Å². The van der Waals surface area contributed by atoms with Gasteiger partial charge in [-0.15, -0.1) is 0 Å². The van der Waals surface area contributed by atoms with Crippen molar-refractivity contribution < 1.29 is 9.59 Å². The number of likely N-dealkylation sites (tertiary alicyclic amines) is 1. The summed E-state index contributed by atoms with van der Waals surface area (Å²) in [7, 11) is 3.67. The van der Waals surface area contributed by atoms with Crippen molar-refractivity contribution in [2.45, 2.75) is 19.4 Å².